The van der Waals surface area contributed by atoms with Crippen molar-refractivity contribution in [1.82, 2.24) is 0 Å². The molecular weight excluding hydrogens is 303 g/mol. The van der Waals surface area contributed by atoms with Crippen LogP contribution in [0.25, 0.3) is 0 Å². The molecule has 5 heteroatoms. The Labute approximate surface area is 145 Å². The summed E-state index contributed by atoms with van der Waals surface area (Å²) in [6.45, 7) is 11.9. The van der Waals surface area contributed by atoms with E-state index in [1.807, 2.05) is 53.7 Å². The van der Waals surface area contributed by atoms with Gasteiger partial charge in [-0.05, 0) is 59.2 Å². The minimum atomic E-state index is -0.432. The molecule has 130 valence electrons. The van der Waals surface area contributed by atoms with E-state index in [4.69, 9.17) is 14.0 Å². The van der Waals surface area contributed by atoms with Crippen LogP contribution in [-0.4, -0.2) is 31.2 Å². The lowest BCUT2D eigenvalue weighted by Gasteiger charge is -2.32. The predicted octanol–water partition coefficient (Wildman–Crippen LogP) is 4.31. The highest BCUT2D eigenvalue weighted by atomic mass is 16.7. The number of ketones is 1. The van der Waals surface area contributed by atoms with Gasteiger partial charge in [0.1, 0.15) is 5.75 Å². The molecule has 1 aromatic carbocycles. The van der Waals surface area contributed by atoms with Gasteiger partial charge in [-0.1, -0.05) is 17.7 Å². The van der Waals surface area contributed by atoms with E-state index in [9.17, 15) is 4.79 Å². The van der Waals surface area contributed by atoms with E-state index < -0.39 is 18.3 Å². The molecule has 0 bridgehead atoms. The molecule has 4 nitrogen and oxygen atoms in total. The summed E-state index contributed by atoms with van der Waals surface area (Å²) in [7, 11) is 1.14. The molecule has 0 unspecified atom stereocenters. The highest BCUT2D eigenvalue weighted by Crippen LogP contribution is 2.39. The summed E-state index contributed by atoms with van der Waals surface area (Å²) in [4.78, 5) is 13.0. The average molecular weight is 330 g/mol. The van der Waals surface area contributed by atoms with Gasteiger partial charge in [0, 0.05) is 6.32 Å². The lowest BCUT2D eigenvalue weighted by molar-refractivity contribution is 0.00578. The van der Waals surface area contributed by atoms with Gasteiger partial charge in [0.05, 0.1) is 23.9 Å². The van der Waals surface area contributed by atoms with E-state index >= 15 is 0 Å². The third kappa shape index (κ3) is 3.57. The maximum Gasteiger partial charge on any atom is 0.462 e. The van der Waals surface area contributed by atoms with Gasteiger partial charge in [-0.15, -0.1) is 0 Å². The number of carbonyl (C=O) groups is 1. The number of Topliss-reactive ketones (excluding diaryl/α,β-unsaturated/α-hetero) is 1. The van der Waals surface area contributed by atoms with Gasteiger partial charge in [0.15, 0.2) is 5.78 Å². The van der Waals surface area contributed by atoms with Crippen molar-refractivity contribution >= 4 is 12.9 Å². The Morgan fingerprint density at radius 2 is 1.62 bits per heavy atom. The van der Waals surface area contributed by atoms with Crippen molar-refractivity contribution in [2.24, 2.45) is 0 Å². The lowest BCUT2D eigenvalue weighted by Crippen LogP contribution is -2.41. The van der Waals surface area contributed by atoms with Crippen molar-refractivity contribution < 1.29 is 18.8 Å². The van der Waals surface area contributed by atoms with E-state index in [0.717, 1.165) is 5.57 Å². The molecule has 0 atom stereocenters. The summed E-state index contributed by atoms with van der Waals surface area (Å²) in [5.41, 5.74) is 1.42. The largest absolute Gasteiger partial charge is 0.496 e. The number of ether oxygens (including phenoxy) is 1. The van der Waals surface area contributed by atoms with Crippen LogP contribution in [0, 0.1) is 0 Å². The molecule has 1 saturated heterocycles. The molecule has 0 saturated carbocycles. The van der Waals surface area contributed by atoms with Gasteiger partial charge in [-0.3, -0.25) is 4.79 Å². The summed E-state index contributed by atoms with van der Waals surface area (Å²) in [5, 5.41) is 0. The SMILES string of the molecule is COc1ccccc1C(=O)C(CB1OC(C)(C)C(C)(C)O1)=C(C)C. The number of carbonyl (C=O) groups excluding carboxylic acids is 1. The molecule has 0 spiro atoms. The maximum atomic E-state index is 13.0. The number of hydrogen-bond donors (Lipinski definition) is 0. The van der Waals surface area contributed by atoms with Crippen molar-refractivity contribution in [2.75, 3.05) is 7.11 Å². The third-order valence-electron chi connectivity index (χ3n) is 4.90. The number of hydrogen-bond acceptors (Lipinski definition) is 4. The van der Waals surface area contributed by atoms with Gasteiger partial charge in [0.25, 0.3) is 0 Å². The molecule has 1 heterocycles. The average Bonchev–Trinajstić information content (AvgIpc) is 2.71. The molecule has 0 aromatic heterocycles. The summed E-state index contributed by atoms with van der Waals surface area (Å²) in [6.07, 6.45) is 0.423. The van der Waals surface area contributed by atoms with Gasteiger partial charge in [-0.25, -0.2) is 0 Å². The maximum absolute atomic E-state index is 13.0. The Hall–Kier alpha value is -1.59. The van der Waals surface area contributed by atoms with Crippen molar-refractivity contribution in [3.05, 3.63) is 41.0 Å². The van der Waals surface area contributed by atoms with Crippen molar-refractivity contribution in [2.45, 2.75) is 59.1 Å². The fraction of sp³-hybridized carbons (Fsp3) is 0.526. The normalized spacial score (nSPS) is 18.4. The van der Waals surface area contributed by atoms with Crippen LogP contribution in [0.2, 0.25) is 6.32 Å². The van der Waals surface area contributed by atoms with Crippen LogP contribution in [0.4, 0.5) is 0 Å². The summed E-state index contributed by atoms with van der Waals surface area (Å²) in [6, 6.07) is 7.28. The minimum Gasteiger partial charge on any atom is -0.496 e. The Morgan fingerprint density at radius 1 is 1.08 bits per heavy atom. The number of methoxy groups -OCH3 is 1. The van der Waals surface area contributed by atoms with Crippen LogP contribution in [0.15, 0.2) is 35.4 Å². The number of para-hydroxylation sites is 1. The quantitative estimate of drug-likeness (QED) is 0.458. The first-order valence-electron chi connectivity index (χ1n) is 8.29. The molecule has 1 aliphatic heterocycles. The predicted molar refractivity (Wildman–Crippen MR) is 96.6 cm³/mol. The van der Waals surface area contributed by atoms with E-state index in [-0.39, 0.29) is 5.78 Å². The molecular formula is C19H27BO4. The van der Waals surface area contributed by atoms with E-state index in [1.54, 1.807) is 19.2 Å². The number of benzene rings is 1. The standard InChI is InChI=1S/C19H27BO4/c1-13(2)15(12-20-23-18(3,4)19(5,6)24-20)17(21)14-10-8-9-11-16(14)22-7/h8-11H,12H2,1-7H3. The van der Waals surface area contributed by atoms with Gasteiger partial charge >= 0.3 is 7.12 Å². The molecule has 1 aliphatic rings. The molecule has 24 heavy (non-hydrogen) atoms. The van der Waals surface area contributed by atoms with Crippen LogP contribution in [0.3, 0.4) is 0 Å². The first kappa shape index (κ1) is 18.7. The second-order valence-corrected chi connectivity index (χ2v) is 7.40. The zero-order valence-corrected chi connectivity index (χ0v) is 15.7. The summed E-state index contributed by atoms with van der Waals surface area (Å²) < 4.78 is 17.4. The molecule has 0 aliphatic carbocycles. The molecule has 1 fully saturated rings. The van der Waals surface area contributed by atoms with E-state index in [0.29, 0.717) is 23.2 Å². The van der Waals surface area contributed by atoms with E-state index in [2.05, 4.69) is 0 Å². The van der Waals surface area contributed by atoms with Crippen molar-refractivity contribution in [3.8, 4) is 5.75 Å². The second-order valence-electron chi connectivity index (χ2n) is 7.40. The first-order chi connectivity index (χ1) is 11.1. The Bertz CT molecular complexity index is 641. The van der Waals surface area contributed by atoms with Crippen LogP contribution < -0.4 is 4.74 Å². The number of allylic oxidation sites excluding steroid dienone is 2. The zero-order chi connectivity index (χ0) is 18.1. The van der Waals surface area contributed by atoms with Gasteiger partial charge in [-0.2, -0.15) is 0 Å². The van der Waals surface area contributed by atoms with Crippen molar-refractivity contribution in [1.29, 1.82) is 0 Å². The molecule has 2 rings (SSSR count). The zero-order valence-electron chi connectivity index (χ0n) is 15.7. The Morgan fingerprint density at radius 3 is 2.12 bits per heavy atom. The summed E-state index contributed by atoms with van der Waals surface area (Å²) in [5.74, 6) is 0.539. The summed E-state index contributed by atoms with van der Waals surface area (Å²) >= 11 is 0. The second kappa shape index (κ2) is 6.73. The fourth-order valence-corrected chi connectivity index (χ4v) is 2.73. The highest BCUT2D eigenvalue weighted by Gasteiger charge is 2.51. The monoisotopic (exact) mass is 330 g/mol. The van der Waals surface area contributed by atoms with Crippen molar-refractivity contribution in [3.63, 3.8) is 0 Å². The Balaban J connectivity index is 2.26. The third-order valence-corrected chi connectivity index (χ3v) is 4.90. The van der Waals surface area contributed by atoms with Crippen LogP contribution in [0.5, 0.6) is 5.75 Å². The van der Waals surface area contributed by atoms with Crippen LogP contribution in [0.1, 0.15) is 51.9 Å². The molecule has 0 radical (unpaired) electrons. The lowest BCUT2D eigenvalue weighted by atomic mass is 9.76. The Kier molecular flexibility index (Phi) is 5.26. The molecule has 0 N–H and O–H groups in total. The molecule has 1 aromatic rings. The van der Waals surface area contributed by atoms with Crippen LogP contribution in [-0.2, 0) is 9.31 Å². The smallest absolute Gasteiger partial charge is 0.462 e. The minimum absolute atomic E-state index is 0.0397. The van der Waals surface area contributed by atoms with E-state index in [1.165, 1.54) is 0 Å². The topological polar surface area (TPSA) is 44.8 Å². The number of rotatable bonds is 5. The fourth-order valence-electron chi connectivity index (χ4n) is 2.73. The first-order valence-corrected chi connectivity index (χ1v) is 8.29. The van der Waals surface area contributed by atoms with Gasteiger partial charge in [0.2, 0.25) is 0 Å². The van der Waals surface area contributed by atoms with Crippen LogP contribution >= 0.6 is 0 Å². The van der Waals surface area contributed by atoms with Gasteiger partial charge < -0.3 is 14.0 Å². The highest BCUT2D eigenvalue weighted by molar-refractivity contribution is 6.47. The molecule has 0 amide bonds.